The highest BCUT2D eigenvalue weighted by Gasteiger charge is 2.37. The molecule has 0 bridgehead atoms. The van der Waals surface area contributed by atoms with Crippen molar-refractivity contribution in [3.8, 4) is 11.5 Å². The Hall–Kier alpha value is -2.81. The number of hydrogen-bond donors (Lipinski definition) is 3. The summed E-state index contributed by atoms with van der Waals surface area (Å²) in [6.45, 7) is 0.297. The van der Waals surface area contributed by atoms with Crippen molar-refractivity contribution >= 4 is 17.8 Å². The van der Waals surface area contributed by atoms with Crippen molar-refractivity contribution in [1.82, 2.24) is 15.5 Å². The number of carbonyl (C=O) groups is 3. The molecule has 0 spiro atoms. The van der Waals surface area contributed by atoms with Crippen LogP contribution in [0.2, 0.25) is 0 Å². The molecule has 1 unspecified atom stereocenters. The summed E-state index contributed by atoms with van der Waals surface area (Å²) in [4.78, 5) is 37.1. The third kappa shape index (κ3) is 3.82. The van der Waals surface area contributed by atoms with Crippen LogP contribution in [0.5, 0.6) is 11.5 Å². The summed E-state index contributed by atoms with van der Waals surface area (Å²) in [5.74, 6) is 0.581. The van der Waals surface area contributed by atoms with E-state index in [9.17, 15) is 14.4 Å². The van der Waals surface area contributed by atoms with E-state index in [-0.39, 0.29) is 51.1 Å². The van der Waals surface area contributed by atoms with Crippen molar-refractivity contribution < 1.29 is 29.0 Å². The van der Waals surface area contributed by atoms with Crippen LogP contribution in [0.25, 0.3) is 0 Å². The zero-order valence-electron chi connectivity index (χ0n) is 13.5. The van der Waals surface area contributed by atoms with Crippen LogP contribution >= 0.6 is 0 Å². The van der Waals surface area contributed by atoms with E-state index in [2.05, 4.69) is 10.6 Å². The molecule has 1 atom stereocenters. The summed E-state index contributed by atoms with van der Waals surface area (Å²) in [5.41, 5.74) is 0.745. The van der Waals surface area contributed by atoms with Crippen LogP contribution in [0.4, 0.5) is 4.79 Å². The minimum absolute atomic E-state index is 0.0918. The van der Waals surface area contributed by atoms with Gasteiger partial charge in [-0.1, -0.05) is 6.07 Å². The third-order valence-corrected chi connectivity index (χ3v) is 3.98. The number of nitrogens with zero attached hydrogens (tertiary/aromatic N) is 1. The second-order valence-electron chi connectivity index (χ2n) is 5.73. The average Bonchev–Trinajstić information content (AvgIpc) is 3.17. The Morgan fingerprint density at radius 2 is 2.12 bits per heavy atom. The van der Waals surface area contributed by atoms with Gasteiger partial charge in [0.25, 0.3) is 5.91 Å². The highest BCUT2D eigenvalue weighted by Crippen LogP contribution is 2.33. The summed E-state index contributed by atoms with van der Waals surface area (Å²) in [7, 11) is 0. The number of fused-ring (bicyclic) bond motifs is 1. The van der Waals surface area contributed by atoms with Gasteiger partial charge in [-0.3, -0.25) is 14.5 Å². The summed E-state index contributed by atoms with van der Waals surface area (Å²) < 4.78 is 10.5. The van der Waals surface area contributed by atoms with Gasteiger partial charge < -0.3 is 25.2 Å². The standard InChI is InChI=1S/C16H19N3O6/c20-6-5-17-14(21)4-2-11-15(22)19(16(23)18-11)8-10-1-3-12-13(7-10)25-9-24-12/h1,3,7,11,20H,2,4-6,8-9H2,(H,17,21)(H,18,23). The Labute approximate surface area is 143 Å². The Morgan fingerprint density at radius 3 is 2.92 bits per heavy atom. The van der Waals surface area contributed by atoms with E-state index in [0.29, 0.717) is 11.5 Å². The van der Waals surface area contributed by atoms with Crippen molar-refractivity contribution in [2.75, 3.05) is 19.9 Å². The summed E-state index contributed by atoms with van der Waals surface area (Å²) in [6, 6.07) is 4.03. The molecule has 0 saturated carbocycles. The number of aliphatic hydroxyl groups excluding tert-OH is 1. The van der Waals surface area contributed by atoms with E-state index in [1.165, 1.54) is 0 Å². The predicted molar refractivity (Wildman–Crippen MR) is 84.8 cm³/mol. The van der Waals surface area contributed by atoms with E-state index in [1.807, 2.05) is 0 Å². The van der Waals surface area contributed by atoms with Crippen LogP contribution in [-0.2, 0) is 16.1 Å². The molecule has 1 saturated heterocycles. The number of ether oxygens (including phenoxy) is 2. The topological polar surface area (TPSA) is 117 Å². The first kappa shape index (κ1) is 17.0. The number of aliphatic hydroxyl groups is 1. The van der Waals surface area contributed by atoms with Crippen LogP contribution < -0.4 is 20.1 Å². The lowest BCUT2D eigenvalue weighted by Gasteiger charge is -2.13. The number of urea groups is 1. The molecule has 0 radical (unpaired) electrons. The monoisotopic (exact) mass is 349 g/mol. The molecule has 2 heterocycles. The molecular formula is C16H19N3O6. The second kappa shape index (κ2) is 7.39. The van der Waals surface area contributed by atoms with Crippen molar-refractivity contribution in [2.45, 2.75) is 25.4 Å². The van der Waals surface area contributed by atoms with E-state index >= 15 is 0 Å². The minimum atomic E-state index is -0.721. The lowest BCUT2D eigenvalue weighted by Crippen LogP contribution is -2.33. The molecule has 3 N–H and O–H groups in total. The molecule has 9 heteroatoms. The van der Waals surface area contributed by atoms with Gasteiger partial charge in [0.15, 0.2) is 11.5 Å². The van der Waals surface area contributed by atoms with Gasteiger partial charge in [-0.05, 0) is 24.1 Å². The van der Waals surface area contributed by atoms with Crippen LogP contribution in [0.3, 0.4) is 0 Å². The number of hydrogen-bond acceptors (Lipinski definition) is 6. The van der Waals surface area contributed by atoms with Gasteiger partial charge in [-0.25, -0.2) is 4.79 Å². The lowest BCUT2D eigenvalue weighted by atomic mass is 10.1. The van der Waals surface area contributed by atoms with E-state index in [1.54, 1.807) is 18.2 Å². The molecule has 1 aromatic rings. The first-order valence-corrected chi connectivity index (χ1v) is 7.96. The first-order chi connectivity index (χ1) is 12.1. The van der Waals surface area contributed by atoms with Crippen LogP contribution in [-0.4, -0.2) is 53.8 Å². The second-order valence-corrected chi connectivity index (χ2v) is 5.73. The number of amides is 4. The number of nitrogens with one attached hydrogen (secondary N) is 2. The van der Waals surface area contributed by atoms with Gasteiger partial charge in [0.2, 0.25) is 12.7 Å². The van der Waals surface area contributed by atoms with E-state index < -0.39 is 12.1 Å². The molecule has 0 aromatic heterocycles. The lowest BCUT2D eigenvalue weighted by molar-refractivity contribution is -0.128. The molecular weight excluding hydrogens is 330 g/mol. The molecule has 1 fully saturated rings. The van der Waals surface area contributed by atoms with Crippen molar-refractivity contribution in [3.63, 3.8) is 0 Å². The predicted octanol–water partition coefficient (Wildman–Crippen LogP) is -0.276. The maximum absolute atomic E-state index is 12.4. The quantitative estimate of drug-likeness (QED) is 0.583. The van der Waals surface area contributed by atoms with E-state index in [4.69, 9.17) is 14.6 Å². The fourth-order valence-electron chi connectivity index (χ4n) is 2.70. The van der Waals surface area contributed by atoms with E-state index in [0.717, 1.165) is 10.5 Å². The zero-order valence-corrected chi connectivity index (χ0v) is 13.5. The number of carbonyl (C=O) groups excluding carboxylic acids is 3. The van der Waals surface area contributed by atoms with Crippen molar-refractivity contribution in [3.05, 3.63) is 23.8 Å². The van der Waals surface area contributed by atoms with Gasteiger partial charge in [0, 0.05) is 13.0 Å². The Balaban J connectivity index is 1.57. The van der Waals surface area contributed by atoms with Crippen LogP contribution in [0, 0.1) is 0 Å². The normalized spacial score (nSPS) is 18.4. The maximum Gasteiger partial charge on any atom is 0.325 e. The SMILES string of the molecule is O=C(CCC1NC(=O)N(Cc2ccc3c(c2)OCO3)C1=O)NCCO. The number of benzene rings is 1. The molecule has 2 aliphatic heterocycles. The smallest absolute Gasteiger partial charge is 0.325 e. The molecule has 134 valence electrons. The summed E-state index contributed by atoms with van der Waals surface area (Å²) in [6.07, 6.45) is 0.300. The van der Waals surface area contributed by atoms with Gasteiger partial charge in [0.1, 0.15) is 6.04 Å². The largest absolute Gasteiger partial charge is 0.454 e. The van der Waals surface area contributed by atoms with Crippen LogP contribution in [0.1, 0.15) is 18.4 Å². The third-order valence-electron chi connectivity index (χ3n) is 3.98. The molecule has 3 rings (SSSR count). The molecule has 2 aliphatic rings. The minimum Gasteiger partial charge on any atom is -0.454 e. The Morgan fingerprint density at radius 1 is 1.32 bits per heavy atom. The number of imide groups is 1. The molecule has 1 aromatic carbocycles. The van der Waals surface area contributed by atoms with Gasteiger partial charge >= 0.3 is 6.03 Å². The maximum atomic E-state index is 12.4. The first-order valence-electron chi connectivity index (χ1n) is 7.96. The van der Waals surface area contributed by atoms with Crippen LogP contribution in [0.15, 0.2) is 18.2 Å². The fraction of sp³-hybridized carbons (Fsp3) is 0.438. The highest BCUT2D eigenvalue weighted by molar-refractivity contribution is 6.04. The Bertz CT molecular complexity index is 692. The molecule has 25 heavy (non-hydrogen) atoms. The average molecular weight is 349 g/mol. The van der Waals surface area contributed by atoms with Crippen molar-refractivity contribution in [1.29, 1.82) is 0 Å². The zero-order chi connectivity index (χ0) is 17.8. The van der Waals surface area contributed by atoms with Crippen molar-refractivity contribution in [2.24, 2.45) is 0 Å². The molecule has 4 amide bonds. The number of rotatable bonds is 7. The Kier molecular flexibility index (Phi) is 5.03. The van der Waals surface area contributed by atoms with Gasteiger partial charge in [0.05, 0.1) is 13.2 Å². The van der Waals surface area contributed by atoms with Gasteiger partial charge in [-0.2, -0.15) is 0 Å². The van der Waals surface area contributed by atoms with Gasteiger partial charge in [-0.15, -0.1) is 0 Å². The molecule has 0 aliphatic carbocycles. The fourth-order valence-corrected chi connectivity index (χ4v) is 2.70. The highest BCUT2D eigenvalue weighted by atomic mass is 16.7. The summed E-state index contributed by atoms with van der Waals surface area (Å²) >= 11 is 0. The molecule has 9 nitrogen and oxygen atoms in total. The summed E-state index contributed by atoms with van der Waals surface area (Å²) in [5, 5.41) is 13.8.